The third-order valence-corrected chi connectivity index (χ3v) is 3.15. The molecule has 0 amide bonds. The first-order valence-electron chi connectivity index (χ1n) is 5.96. The second-order valence-corrected chi connectivity index (χ2v) is 5.72. The summed E-state index contributed by atoms with van der Waals surface area (Å²) in [5.74, 6) is 1.44. The highest BCUT2D eigenvalue weighted by Gasteiger charge is 2.21. The molecule has 15 heavy (non-hydrogen) atoms. The monoisotopic (exact) mass is 211 g/mol. The van der Waals surface area contributed by atoms with E-state index < -0.39 is 0 Å². The first-order chi connectivity index (χ1) is 6.93. The van der Waals surface area contributed by atoms with Crippen LogP contribution in [0.1, 0.15) is 40.5 Å². The van der Waals surface area contributed by atoms with Gasteiger partial charge in [0.25, 0.3) is 0 Å². The highest BCUT2D eigenvalue weighted by molar-refractivity contribution is 5.06. The highest BCUT2D eigenvalue weighted by Crippen LogP contribution is 2.27. The molecule has 2 heteroatoms. The van der Waals surface area contributed by atoms with Gasteiger partial charge in [-0.1, -0.05) is 18.6 Å². The van der Waals surface area contributed by atoms with Gasteiger partial charge in [-0.2, -0.15) is 0 Å². The molecular formula is C13H25NO. The number of hydrogen-bond acceptors (Lipinski definition) is 2. The van der Waals surface area contributed by atoms with Crippen molar-refractivity contribution in [2.45, 2.75) is 46.1 Å². The van der Waals surface area contributed by atoms with Gasteiger partial charge in [0.1, 0.15) is 0 Å². The Hall–Kier alpha value is -0.340. The van der Waals surface area contributed by atoms with E-state index in [1.54, 1.807) is 0 Å². The van der Waals surface area contributed by atoms with Crippen molar-refractivity contribution in [2.75, 3.05) is 13.2 Å². The number of allylic oxidation sites excluding steroid dienone is 2. The molecule has 0 aromatic rings. The summed E-state index contributed by atoms with van der Waals surface area (Å²) in [5.41, 5.74) is 1.38. The molecule has 2 nitrogen and oxygen atoms in total. The molecule has 2 N–H and O–H groups in total. The Bertz CT molecular complexity index is 233. The minimum absolute atomic E-state index is 0.141. The zero-order valence-corrected chi connectivity index (χ0v) is 10.5. The Morgan fingerprint density at radius 3 is 2.73 bits per heavy atom. The molecule has 0 heterocycles. The first kappa shape index (κ1) is 12.7. The maximum absolute atomic E-state index is 9.15. The molecule has 0 spiro atoms. The van der Waals surface area contributed by atoms with Gasteiger partial charge in [0, 0.05) is 5.54 Å². The van der Waals surface area contributed by atoms with Crippen molar-refractivity contribution in [3.63, 3.8) is 0 Å². The number of nitrogens with one attached hydrogen (secondary N) is 1. The minimum atomic E-state index is -0.141. The lowest BCUT2D eigenvalue weighted by atomic mass is 9.83. The van der Waals surface area contributed by atoms with Gasteiger partial charge in [0.05, 0.1) is 6.61 Å². The molecule has 0 radical (unpaired) electrons. The predicted molar refractivity (Wildman–Crippen MR) is 64.8 cm³/mol. The van der Waals surface area contributed by atoms with Crippen molar-refractivity contribution in [3.05, 3.63) is 11.6 Å². The molecule has 2 atom stereocenters. The smallest absolute Gasteiger partial charge is 0.0607 e. The fourth-order valence-corrected chi connectivity index (χ4v) is 2.32. The Morgan fingerprint density at radius 1 is 1.53 bits per heavy atom. The quantitative estimate of drug-likeness (QED) is 0.700. The maximum atomic E-state index is 9.15. The summed E-state index contributed by atoms with van der Waals surface area (Å²) < 4.78 is 0. The SMILES string of the molecule is CC1=CC(C)CC(CNC(C)(C)CO)C1. The lowest BCUT2D eigenvalue weighted by molar-refractivity contribution is 0.179. The van der Waals surface area contributed by atoms with Crippen LogP contribution >= 0.6 is 0 Å². The van der Waals surface area contributed by atoms with E-state index in [-0.39, 0.29) is 12.1 Å². The normalized spacial score (nSPS) is 27.7. The molecule has 0 bridgehead atoms. The van der Waals surface area contributed by atoms with Crippen molar-refractivity contribution in [3.8, 4) is 0 Å². The number of hydrogen-bond donors (Lipinski definition) is 2. The van der Waals surface area contributed by atoms with Crippen molar-refractivity contribution < 1.29 is 5.11 Å². The average Bonchev–Trinajstić information content (AvgIpc) is 2.14. The molecule has 0 aromatic heterocycles. The molecule has 0 saturated carbocycles. The third-order valence-electron chi connectivity index (χ3n) is 3.15. The molecule has 88 valence electrons. The van der Waals surface area contributed by atoms with E-state index in [4.69, 9.17) is 5.11 Å². The van der Waals surface area contributed by atoms with Crippen LogP contribution in [0.15, 0.2) is 11.6 Å². The number of aliphatic hydroxyl groups excluding tert-OH is 1. The fraction of sp³-hybridized carbons (Fsp3) is 0.846. The van der Waals surface area contributed by atoms with Crippen LogP contribution < -0.4 is 5.32 Å². The second kappa shape index (κ2) is 5.13. The number of rotatable bonds is 4. The van der Waals surface area contributed by atoms with Crippen molar-refractivity contribution in [2.24, 2.45) is 11.8 Å². The van der Waals surface area contributed by atoms with Crippen molar-refractivity contribution in [1.29, 1.82) is 0 Å². The van der Waals surface area contributed by atoms with Gasteiger partial charge >= 0.3 is 0 Å². The summed E-state index contributed by atoms with van der Waals surface area (Å²) in [6, 6.07) is 0. The van der Waals surface area contributed by atoms with Crippen LogP contribution in [0.25, 0.3) is 0 Å². The Kier molecular flexibility index (Phi) is 4.35. The van der Waals surface area contributed by atoms with E-state index in [2.05, 4.69) is 25.2 Å². The Morgan fingerprint density at radius 2 is 2.20 bits per heavy atom. The van der Waals surface area contributed by atoms with Crippen LogP contribution in [0.4, 0.5) is 0 Å². The van der Waals surface area contributed by atoms with E-state index in [9.17, 15) is 0 Å². The zero-order valence-electron chi connectivity index (χ0n) is 10.5. The lowest BCUT2D eigenvalue weighted by Gasteiger charge is -2.30. The van der Waals surface area contributed by atoms with Gasteiger partial charge in [-0.25, -0.2) is 0 Å². The molecular weight excluding hydrogens is 186 g/mol. The van der Waals surface area contributed by atoms with Crippen LogP contribution in [0.5, 0.6) is 0 Å². The van der Waals surface area contributed by atoms with Crippen LogP contribution in [0.2, 0.25) is 0 Å². The second-order valence-electron chi connectivity index (χ2n) is 5.72. The molecule has 0 saturated heterocycles. The maximum Gasteiger partial charge on any atom is 0.0607 e. The molecule has 2 unspecified atom stereocenters. The Labute approximate surface area is 93.8 Å². The third kappa shape index (κ3) is 4.35. The van der Waals surface area contributed by atoms with Crippen LogP contribution in [-0.4, -0.2) is 23.8 Å². The van der Waals surface area contributed by atoms with Crippen LogP contribution in [0, 0.1) is 11.8 Å². The molecule has 0 fully saturated rings. The molecule has 1 rings (SSSR count). The summed E-state index contributed by atoms with van der Waals surface area (Å²) in [6.45, 7) is 9.81. The van der Waals surface area contributed by atoms with Crippen LogP contribution in [-0.2, 0) is 0 Å². The summed E-state index contributed by atoms with van der Waals surface area (Å²) in [4.78, 5) is 0. The van der Waals surface area contributed by atoms with E-state index in [0.29, 0.717) is 5.92 Å². The van der Waals surface area contributed by atoms with E-state index in [1.807, 2.05) is 13.8 Å². The highest BCUT2D eigenvalue weighted by atomic mass is 16.3. The van der Waals surface area contributed by atoms with Crippen LogP contribution in [0.3, 0.4) is 0 Å². The predicted octanol–water partition coefficient (Wildman–Crippen LogP) is 2.34. The summed E-state index contributed by atoms with van der Waals surface area (Å²) in [7, 11) is 0. The van der Waals surface area contributed by atoms with E-state index in [0.717, 1.165) is 12.5 Å². The van der Waals surface area contributed by atoms with Gasteiger partial charge in [0.2, 0.25) is 0 Å². The number of aliphatic hydroxyl groups is 1. The largest absolute Gasteiger partial charge is 0.394 e. The molecule has 0 aliphatic heterocycles. The van der Waals surface area contributed by atoms with Crippen molar-refractivity contribution >= 4 is 0 Å². The lowest BCUT2D eigenvalue weighted by Crippen LogP contribution is -2.45. The minimum Gasteiger partial charge on any atom is -0.394 e. The van der Waals surface area contributed by atoms with E-state index >= 15 is 0 Å². The van der Waals surface area contributed by atoms with Gasteiger partial charge < -0.3 is 10.4 Å². The van der Waals surface area contributed by atoms with Gasteiger partial charge in [0.15, 0.2) is 0 Å². The topological polar surface area (TPSA) is 32.3 Å². The first-order valence-corrected chi connectivity index (χ1v) is 5.96. The van der Waals surface area contributed by atoms with E-state index in [1.165, 1.54) is 18.4 Å². The standard InChI is InChI=1S/C13H25NO/c1-10-5-11(2)7-12(6-10)8-14-13(3,4)9-15/h5,10,12,14-15H,6-9H2,1-4H3. The molecule has 1 aliphatic carbocycles. The zero-order chi connectivity index (χ0) is 11.5. The average molecular weight is 211 g/mol. The summed E-state index contributed by atoms with van der Waals surface area (Å²) >= 11 is 0. The summed E-state index contributed by atoms with van der Waals surface area (Å²) in [5, 5.41) is 12.6. The van der Waals surface area contributed by atoms with Gasteiger partial charge in [-0.3, -0.25) is 0 Å². The van der Waals surface area contributed by atoms with Gasteiger partial charge in [-0.05, 0) is 52.0 Å². The van der Waals surface area contributed by atoms with Gasteiger partial charge in [-0.15, -0.1) is 0 Å². The Balaban J connectivity index is 2.38. The summed E-state index contributed by atoms with van der Waals surface area (Å²) in [6.07, 6.45) is 4.86. The molecule has 0 aromatic carbocycles. The van der Waals surface area contributed by atoms with Crippen molar-refractivity contribution in [1.82, 2.24) is 5.32 Å². The molecule has 1 aliphatic rings. The fourth-order valence-electron chi connectivity index (χ4n) is 2.32.